The number of nitrogens with one attached hydrogen (secondary N) is 2. The number of benzene rings is 1. The molecule has 2 N–H and O–H groups in total. The van der Waals surface area contributed by atoms with Crippen molar-refractivity contribution in [2.45, 2.75) is 0 Å². The molecule has 0 saturated heterocycles. The average Bonchev–Trinajstić information content (AvgIpc) is 3.14. The Labute approximate surface area is 139 Å². The first-order chi connectivity index (χ1) is 12.1. The number of hydrogen-bond acceptors (Lipinski definition) is 7. The summed E-state index contributed by atoms with van der Waals surface area (Å²) < 4.78 is 14.2. The van der Waals surface area contributed by atoms with Crippen LogP contribution in [0.2, 0.25) is 0 Å². The third kappa shape index (κ3) is 3.39. The van der Waals surface area contributed by atoms with E-state index in [1.165, 1.54) is 35.4 Å². The van der Waals surface area contributed by atoms with Gasteiger partial charge in [-0.05, 0) is 24.3 Å². The lowest BCUT2D eigenvalue weighted by atomic mass is 10.2. The molecule has 3 aromatic rings. The Balaban J connectivity index is 1.85. The summed E-state index contributed by atoms with van der Waals surface area (Å²) in [7, 11) is 0. The number of hydrazine groups is 1. The quantitative estimate of drug-likeness (QED) is 0.530. The van der Waals surface area contributed by atoms with Gasteiger partial charge in [0.25, 0.3) is 5.91 Å². The van der Waals surface area contributed by atoms with Crippen molar-refractivity contribution in [1.29, 1.82) is 0 Å². The second-order valence-electron chi connectivity index (χ2n) is 4.71. The first-order valence-corrected chi connectivity index (χ1v) is 6.86. The predicted molar refractivity (Wildman–Crippen MR) is 83.3 cm³/mol. The highest BCUT2D eigenvalue weighted by atomic mass is 19.1. The van der Waals surface area contributed by atoms with E-state index in [1.807, 2.05) is 0 Å². The highest BCUT2D eigenvalue weighted by Gasteiger charge is 2.24. The second kappa shape index (κ2) is 6.70. The second-order valence-corrected chi connectivity index (χ2v) is 4.71. The molecule has 11 heteroatoms. The summed E-state index contributed by atoms with van der Waals surface area (Å²) in [5, 5.41) is 11.4. The molecular formula is C14H10FN7O3. The fraction of sp³-hybridized carbons (Fsp3) is 0. The van der Waals surface area contributed by atoms with Crippen molar-refractivity contribution < 1.29 is 14.1 Å². The maximum absolute atomic E-state index is 12.9. The van der Waals surface area contributed by atoms with Gasteiger partial charge in [0.15, 0.2) is 0 Å². The zero-order chi connectivity index (χ0) is 17.8. The third-order valence-corrected chi connectivity index (χ3v) is 3.14. The van der Waals surface area contributed by atoms with Crippen molar-refractivity contribution in [3.63, 3.8) is 0 Å². The van der Waals surface area contributed by atoms with E-state index in [0.717, 1.165) is 18.5 Å². The van der Waals surface area contributed by atoms with Crippen molar-refractivity contribution >= 4 is 17.4 Å². The van der Waals surface area contributed by atoms with Crippen LogP contribution in [0.4, 0.5) is 15.9 Å². The van der Waals surface area contributed by atoms with Gasteiger partial charge in [-0.25, -0.2) is 19.3 Å². The number of carbonyl (C=O) groups excluding carboxylic acids is 1. The van der Waals surface area contributed by atoms with Gasteiger partial charge in [-0.1, -0.05) is 0 Å². The summed E-state index contributed by atoms with van der Waals surface area (Å²) in [5.41, 5.74) is 4.38. The molecule has 2 aromatic heterocycles. The fourth-order valence-electron chi connectivity index (χ4n) is 1.99. The zero-order valence-corrected chi connectivity index (χ0v) is 12.5. The van der Waals surface area contributed by atoms with E-state index in [9.17, 15) is 19.3 Å². The highest BCUT2D eigenvalue weighted by Crippen LogP contribution is 2.26. The van der Waals surface area contributed by atoms with E-state index >= 15 is 0 Å². The van der Waals surface area contributed by atoms with E-state index in [0.29, 0.717) is 0 Å². The Kier molecular flexibility index (Phi) is 4.28. The summed E-state index contributed by atoms with van der Waals surface area (Å²) in [4.78, 5) is 34.2. The Morgan fingerprint density at radius 1 is 1.24 bits per heavy atom. The van der Waals surface area contributed by atoms with Crippen LogP contribution in [0.25, 0.3) is 5.82 Å². The van der Waals surface area contributed by atoms with Gasteiger partial charge in [0.2, 0.25) is 11.6 Å². The van der Waals surface area contributed by atoms with Crippen LogP contribution in [-0.4, -0.2) is 30.3 Å². The van der Waals surface area contributed by atoms with Crippen molar-refractivity contribution in [3.8, 4) is 5.82 Å². The molecule has 0 unspecified atom stereocenters. The molecule has 10 nitrogen and oxygen atoms in total. The van der Waals surface area contributed by atoms with Crippen LogP contribution in [0.15, 0.2) is 49.3 Å². The van der Waals surface area contributed by atoms with Gasteiger partial charge in [0.05, 0.1) is 4.92 Å². The van der Waals surface area contributed by atoms with Crippen molar-refractivity contribution in [3.05, 3.63) is 70.8 Å². The minimum Gasteiger partial charge on any atom is -0.285 e. The maximum atomic E-state index is 12.9. The standard InChI is InChI=1S/C14H10FN7O3/c15-10-3-1-9(2-4-10)14(23)20-19-12-11(22(24)25)13(18-7-17-12)21-6-5-16-8-21/h1-8H,(H,20,23)(H,17,18,19). The van der Waals surface area contributed by atoms with Crippen LogP contribution in [0.5, 0.6) is 0 Å². The van der Waals surface area contributed by atoms with Crippen LogP contribution >= 0.6 is 0 Å². The number of nitrogens with zero attached hydrogens (tertiary/aromatic N) is 5. The molecular weight excluding hydrogens is 333 g/mol. The van der Waals surface area contributed by atoms with E-state index < -0.39 is 22.3 Å². The molecule has 1 aromatic carbocycles. The van der Waals surface area contributed by atoms with Gasteiger partial charge >= 0.3 is 5.69 Å². The molecule has 0 atom stereocenters. The van der Waals surface area contributed by atoms with E-state index in [4.69, 9.17) is 0 Å². The number of halogens is 1. The normalized spacial score (nSPS) is 10.3. The summed E-state index contributed by atoms with van der Waals surface area (Å²) in [5.74, 6) is -1.33. The van der Waals surface area contributed by atoms with Crippen LogP contribution < -0.4 is 10.9 Å². The minimum atomic E-state index is -0.679. The molecule has 0 aliphatic heterocycles. The Hall–Kier alpha value is -3.89. The first kappa shape index (κ1) is 16.0. The van der Waals surface area contributed by atoms with Gasteiger partial charge in [0, 0.05) is 18.0 Å². The third-order valence-electron chi connectivity index (χ3n) is 3.14. The van der Waals surface area contributed by atoms with Crippen molar-refractivity contribution in [2.24, 2.45) is 0 Å². The number of anilines is 1. The Morgan fingerprint density at radius 3 is 2.64 bits per heavy atom. The molecule has 0 aliphatic rings. The SMILES string of the molecule is O=C(NNc1ncnc(-n2ccnc2)c1[N+](=O)[O-])c1ccc(F)cc1. The van der Waals surface area contributed by atoms with Gasteiger partial charge in [-0.3, -0.25) is 30.3 Å². The maximum Gasteiger partial charge on any atom is 0.355 e. The molecule has 126 valence electrons. The summed E-state index contributed by atoms with van der Waals surface area (Å²) >= 11 is 0. The fourth-order valence-corrected chi connectivity index (χ4v) is 1.99. The number of nitro groups is 1. The molecule has 0 fully saturated rings. The summed E-state index contributed by atoms with van der Waals surface area (Å²) in [6, 6.07) is 4.80. The number of aromatic nitrogens is 4. The number of rotatable bonds is 5. The molecule has 2 heterocycles. The topological polar surface area (TPSA) is 128 Å². The molecule has 25 heavy (non-hydrogen) atoms. The smallest absolute Gasteiger partial charge is 0.285 e. The molecule has 3 rings (SSSR count). The largest absolute Gasteiger partial charge is 0.355 e. The molecule has 0 aliphatic carbocycles. The van der Waals surface area contributed by atoms with Gasteiger partial charge in [0.1, 0.15) is 18.5 Å². The van der Waals surface area contributed by atoms with E-state index in [2.05, 4.69) is 25.8 Å². The van der Waals surface area contributed by atoms with Crippen LogP contribution in [0, 0.1) is 15.9 Å². The van der Waals surface area contributed by atoms with Crippen LogP contribution in [-0.2, 0) is 0 Å². The Morgan fingerprint density at radius 2 is 2.00 bits per heavy atom. The lowest BCUT2D eigenvalue weighted by molar-refractivity contribution is -0.384. The zero-order valence-electron chi connectivity index (χ0n) is 12.5. The van der Waals surface area contributed by atoms with Crippen molar-refractivity contribution in [1.82, 2.24) is 24.9 Å². The minimum absolute atomic E-state index is 0.0176. The van der Waals surface area contributed by atoms with E-state index in [-0.39, 0.29) is 17.2 Å². The van der Waals surface area contributed by atoms with Gasteiger partial charge < -0.3 is 0 Å². The van der Waals surface area contributed by atoms with E-state index in [1.54, 1.807) is 0 Å². The number of hydrogen-bond donors (Lipinski definition) is 2. The Bertz CT molecular complexity index is 913. The van der Waals surface area contributed by atoms with Crippen LogP contribution in [0.3, 0.4) is 0 Å². The first-order valence-electron chi connectivity index (χ1n) is 6.86. The van der Waals surface area contributed by atoms with Crippen molar-refractivity contribution in [2.75, 3.05) is 5.43 Å². The van der Waals surface area contributed by atoms with Crippen LogP contribution in [0.1, 0.15) is 10.4 Å². The average molecular weight is 343 g/mol. The number of imidazole rings is 1. The summed E-state index contributed by atoms with van der Waals surface area (Å²) in [6.07, 6.45) is 5.37. The lowest BCUT2D eigenvalue weighted by Crippen LogP contribution is -2.30. The lowest BCUT2D eigenvalue weighted by Gasteiger charge is -2.10. The molecule has 1 amide bonds. The summed E-state index contributed by atoms with van der Waals surface area (Å²) in [6.45, 7) is 0. The molecule has 0 saturated carbocycles. The highest BCUT2D eigenvalue weighted by molar-refractivity contribution is 5.95. The predicted octanol–water partition coefficient (Wildman–Crippen LogP) is 1.47. The molecule has 0 bridgehead atoms. The molecule has 0 radical (unpaired) electrons. The monoisotopic (exact) mass is 343 g/mol. The van der Waals surface area contributed by atoms with Gasteiger partial charge in [-0.2, -0.15) is 0 Å². The number of carbonyl (C=O) groups is 1. The molecule has 0 spiro atoms. The van der Waals surface area contributed by atoms with Gasteiger partial charge in [-0.15, -0.1) is 0 Å². The number of amides is 1.